The molecule has 9 heteroatoms. The summed E-state index contributed by atoms with van der Waals surface area (Å²) < 4.78 is 56.9. The fourth-order valence-corrected chi connectivity index (χ4v) is 4.69. The summed E-state index contributed by atoms with van der Waals surface area (Å²) in [7, 11) is -3.42. The van der Waals surface area contributed by atoms with Crippen molar-refractivity contribution in [2.45, 2.75) is 42.9 Å². The number of pyridine rings is 1. The molecule has 31 heavy (non-hydrogen) atoms. The number of hydrogen-bond donors (Lipinski definition) is 2. The Morgan fingerprint density at radius 1 is 1.13 bits per heavy atom. The third-order valence-corrected chi connectivity index (χ3v) is 6.96. The molecule has 1 aliphatic carbocycles. The van der Waals surface area contributed by atoms with E-state index in [0.717, 1.165) is 17.2 Å². The molecular weight excluding hydrogens is 426 g/mol. The van der Waals surface area contributed by atoms with Crippen LogP contribution in [0.3, 0.4) is 0 Å². The highest BCUT2D eigenvalue weighted by molar-refractivity contribution is 7.90. The van der Waals surface area contributed by atoms with Gasteiger partial charge >= 0.3 is 0 Å². The Morgan fingerprint density at radius 2 is 1.87 bits per heavy atom. The average molecular weight is 451 g/mol. The van der Waals surface area contributed by atoms with Gasteiger partial charge in [-0.3, -0.25) is 4.79 Å². The monoisotopic (exact) mass is 450 g/mol. The van der Waals surface area contributed by atoms with Crippen LogP contribution in [0, 0.1) is 5.92 Å². The smallest absolute Gasteiger partial charge is 0.272 e. The summed E-state index contributed by atoms with van der Waals surface area (Å²) >= 11 is 0. The third-order valence-electron chi connectivity index (χ3n) is 5.85. The Hall–Kier alpha value is -2.68. The number of sulfone groups is 1. The van der Waals surface area contributed by atoms with Crippen LogP contribution < -0.4 is 10.3 Å². The number of fused-ring (bicyclic) bond motifs is 1. The third kappa shape index (κ3) is 4.81. The molecule has 2 aromatic heterocycles. The van der Waals surface area contributed by atoms with E-state index < -0.39 is 15.8 Å². The molecule has 6 nitrogen and oxygen atoms in total. The van der Waals surface area contributed by atoms with Gasteiger partial charge in [0.25, 0.3) is 5.56 Å². The fraction of sp³-hybridized carbons (Fsp3) is 0.409. The molecule has 1 saturated carbocycles. The molecule has 166 valence electrons. The van der Waals surface area contributed by atoms with Crippen LogP contribution in [0.1, 0.15) is 36.8 Å². The number of aromatic amines is 2. The van der Waals surface area contributed by atoms with Gasteiger partial charge in [0.05, 0.1) is 11.5 Å². The van der Waals surface area contributed by atoms with Gasteiger partial charge < -0.3 is 14.7 Å². The predicted molar refractivity (Wildman–Crippen MR) is 114 cm³/mol. The second-order valence-corrected chi connectivity index (χ2v) is 10.3. The Bertz CT molecular complexity index is 1250. The molecule has 0 amide bonds. The van der Waals surface area contributed by atoms with E-state index in [1.54, 1.807) is 30.6 Å². The molecular formula is C22H24F2N2O4S. The summed E-state index contributed by atoms with van der Waals surface area (Å²) in [5.74, 6) is -2.04. The maximum Gasteiger partial charge on any atom is 0.272 e. The summed E-state index contributed by atoms with van der Waals surface area (Å²) in [6.45, 7) is 0.300. The lowest BCUT2D eigenvalue weighted by atomic mass is 9.87. The van der Waals surface area contributed by atoms with Crippen molar-refractivity contribution < 1.29 is 21.9 Å². The summed E-state index contributed by atoms with van der Waals surface area (Å²) in [5, 5.41) is 0.744. The van der Waals surface area contributed by atoms with Crippen molar-refractivity contribution in [3.05, 3.63) is 58.1 Å². The molecule has 2 heterocycles. The molecule has 0 saturated heterocycles. The lowest BCUT2D eigenvalue weighted by Crippen LogP contribution is -2.27. The minimum atomic E-state index is -3.42. The van der Waals surface area contributed by atoms with E-state index >= 15 is 0 Å². The van der Waals surface area contributed by atoms with Crippen molar-refractivity contribution in [2.24, 2.45) is 5.92 Å². The zero-order chi connectivity index (χ0) is 22.2. The zero-order valence-corrected chi connectivity index (χ0v) is 17.9. The van der Waals surface area contributed by atoms with Crippen LogP contribution in [-0.2, 0) is 16.3 Å². The first kappa shape index (κ1) is 21.5. The molecule has 0 aliphatic heterocycles. The van der Waals surface area contributed by atoms with Gasteiger partial charge in [-0.15, -0.1) is 0 Å². The number of H-pyrrole nitrogens is 2. The van der Waals surface area contributed by atoms with Crippen LogP contribution in [-0.4, -0.2) is 37.2 Å². The fourth-order valence-electron chi connectivity index (χ4n) is 4.02. The molecule has 0 spiro atoms. The van der Waals surface area contributed by atoms with Gasteiger partial charge in [-0.05, 0) is 54.2 Å². The Morgan fingerprint density at radius 3 is 2.58 bits per heavy atom. The highest BCUT2D eigenvalue weighted by Crippen LogP contribution is 2.37. The number of rotatable bonds is 6. The summed E-state index contributed by atoms with van der Waals surface area (Å²) in [6.07, 6.45) is 5.30. The van der Waals surface area contributed by atoms with Crippen LogP contribution in [0.25, 0.3) is 10.9 Å². The Labute approximate surface area is 178 Å². The number of alkyl halides is 2. The number of halogens is 2. The van der Waals surface area contributed by atoms with Crippen LogP contribution in [0.4, 0.5) is 8.78 Å². The molecule has 1 fully saturated rings. The van der Waals surface area contributed by atoms with Crippen molar-refractivity contribution in [2.75, 3.05) is 12.9 Å². The highest BCUT2D eigenvalue weighted by atomic mass is 32.2. The van der Waals surface area contributed by atoms with Gasteiger partial charge in [-0.1, -0.05) is 0 Å². The molecule has 2 N–H and O–H groups in total. The lowest BCUT2D eigenvalue weighted by molar-refractivity contribution is -0.0498. The van der Waals surface area contributed by atoms with E-state index in [-0.39, 0.29) is 29.2 Å². The molecule has 0 bridgehead atoms. The molecule has 0 atom stereocenters. The number of hydrogen-bond acceptors (Lipinski definition) is 4. The summed E-state index contributed by atoms with van der Waals surface area (Å²) in [6, 6.07) is 6.46. The Kier molecular flexibility index (Phi) is 5.63. The van der Waals surface area contributed by atoms with E-state index in [1.807, 2.05) is 0 Å². The average Bonchev–Trinajstić information content (AvgIpc) is 3.11. The van der Waals surface area contributed by atoms with E-state index in [0.29, 0.717) is 42.7 Å². The van der Waals surface area contributed by atoms with Crippen LogP contribution >= 0.6 is 0 Å². The van der Waals surface area contributed by atoms with Crippen molar-refractivity contribution in [1.29, 1.82) is 0 Å². The van der Waals surface area contributed by atoms with Crippen molar-refractivity contribution in [1.82, 2.24) is 9.97 Å². The molecule has 4 rings (SSSR count). The Balaban J connectivity index is 1.61. The number of ether oxygens (including phenoxy) is 1. The number of aromatic nitrogens is 2. The SMILES string of the molecule is CS(=O)(=O)c1ccc(OCC2CCC(F)(F)CC2)c(Cc2c[nH]c3c(=O)[nH]ccc23)c1. The molecule has 1 aliphatic rings. The van der Waals surface area contributed by atoms with Gasteiger partial charge in [-0.2, -0.15) is 0 Å². The highest BCUT2D eigenvalue weighted by Gasteiger charge is 2.35. The van der Waals surface area contributed by atoms with Crippen LogP contribution in [0.2, 0.25) is 0 Å². The van der Waals surface area contributed by atoms with E-state index in [4.69, 9.17) is 4.74 Å². The maximum absolute atomic E-state index is 13.4. The maximum atomic E-state index is 13.4. The summed E-state index contributed by atoms with van der Waals surface area (Å²) in [5.41, 5.74) is 1.70. The van der Waals surface area contributed by atoms with Gasteiger partial charge in [0, 0.05) is 43.3 Å². The molecule has 0 unspecified atom stereocenters. The van der Waals surface area contributed by atoms with E-state index in [1.165, 1.54) is 6.07 Å². The second kappa shape index (κ2) is 8.11. The molecule has 0 radical (unpaired) electrons. The van der Waals surface area contributed by atoms with Crippen LogP contribution in [0.15, 0.2) is 46.3 Å². The minimum Gasteiger partial charge on any atom is -0.493 e. The van der Waals surface area contributed by atoms with Crippen molar-refractivity contribution in [3.63, 3.8) is 0 Å². The molecule has 3 aromatic rings. The standard InChI is InChI=1S/C22H24F2N2O4S/c1-31(28,29)17-2-3-19(30-13-14-4-7-22(23,24)8-5-14)15(11-17)10-16-12-26-20-18(16)6-9-25-21(20)27/h2-3,6,9,11-12,14,26H,4-5,7-8,10,13H2,1H3,(H,25,27). The minimum absolute atomic E-state index is 0.0358. The second-order valence-electron chi connectivity index (χ2n) is 8.24. The first-order valence-electron chi connectivity index (χ1n) is 10.1. The quantitative estimate of drug-likeness (QED) is 0.593. The largest absolute Gasteiger partial charge is 0.493 e. The van der Waals surface area contributed by atoms with Crippen LogP contribution in [0.5, 0.6) is 5.75 Å². The van der Waals surface area contributed by atoms with Gasteiger partial charge in [-0.25, -0.2) is 17.2 Å². The predicted octanol–water partition coefficient (Wildman–Crippen LogP) is 4.05. The van der Waals surface area contributed by atoms with Gasteiger partial charge in [0.1, 0.15) is 11.3 Å². The normalized spacial score (nSPS) is 17.1. The van der Waals surface area contributed by atoms with E-state index in [9.17, 15) is 22.0 Å². The first-order valence-corrected chi connectivity index (χ1v) is 12.0. The van der Waals surface area contributed by atoms with Gasteiger partial charge in [0.15, 0.2) is 9.84 Å². The molecule has 1 aromatic carbocycles. The first-order chi connectivity index (χ1) is 14.6. The van der Waals surface area contributed by atoms with Crippen molar-refractivity contribution >= 4 is 20.7 Å². The summed E-state index contributed by atoms with van der Waals surface area (Å²) in [4.78, 5) is 17.7. The lowest BCUT2D eigenvalue weighted by Gasteiger charge is -2.28. The topological polar surface area (TPSA) is 92.0 Å². The van der Waals surface area contributed by atoms with Gasteiger partial charge in [0.2, 0.25) is 5.92 Å². The van der Waals surface area contributed by atoms with E-state index in [2.05, 4.69) is 9.97 Å². The zero-order valence-electron chi connectivity index (χ0n) is 17.1. The number of nitrogens with one attached hydrogen (secondary N) is 2. The van der Waals surface area contributed by atoms with Crippen molar-refractivity contribution in [3.8, 4) is 5.75 Å². The number of benzene rings is 1.